The number of halogens is 21. The molecule has 0 N–H and O–H groups in total. The average molecular weight is 1030 g/mol. The molecular weight excluding hydrogens is 996 g/mol. The van der Waals surface area contributed by atoms with Gasteiger partial charge in [-0.25, -0.2) is 0 Å². The summed E-state index contributed by atoms with van der Waals surface area (Å²) in [6, 6.07) is 0. The molecule has 0 amide bonds. The van der Waals surface area contributed by atoms with Gasteiger partial charge in [-0.15, -0.1) is 17.3 Å². The van der Waals surface area contributed by atoms with Crippen LogP contribution in [0.5, 0.6) is 0 Å². The van der Waals surface area contributed by atoms with Gasteiger partial charge in [0, 0.05) is 0 Å². The second kappa shape index (κ2) is 19.1. The van der Waals surface area contributed by atoms with E-state index in [4.69, 9.17) is 0 Å². The molecule has 0 aliphatic carbocycles. The Labute approximate surface area is 347 Å². The van der Waals surface area contributed by atoms with Crippen molar-refractivity contribution in [1.29, 1.82) is 0 Å². The Bertz CT molecular complexity index is 1350. The fraction of sp³-hybridized carbons (Fsp3) is 0.700. The van der Waals surface area contributed by atoms with E-state index in [0.29, 0.717) is 0 Å². The molecule has 28 heteroatoms. The van der Waals surface area contributed by atoms with Crippen LogP contribution in [0.1, 0.15) is 62.3 Å². The van der Waals surface area contributed by atoms with Gasteiger partial charge in [-0.3, -0.25) is 14.4 Å². The van der Waals surface area contributed by atoms with Crippen molar-refractivity contribution < 1.29 is 163 Å². The molecule has 0 unspecified atom stereocenters. The third-order valence-electron chi connectivity index (χ3n) is 6.18. The largest absolute Gasteiger partial charge is 3.00 e. The molecule has 0 rings (SSSR count). The Kier molecular flexibility index (Phi) is 20.4. The summed E-state index contributed by atoms with van der Waals surface area (Å²) in [5.74, 6) is -50.2. The zero-order valence-electron chi connectivity index (χ0n) is 30.7. The van der Waals surface area contributed by atoms with Gasteiger partial charge in [-0.05, 0) is 34.5 Å². The summed E-state index contributed by atoms with van der Waals surface area (Å²) in [5.41, 5.74) is -4.09. The van der Waals surface area contributed by atoms with Crippen LogP contribution >= 0.6 is 0 Å². The minimum Gasteiger partial charge on any atom is -0.875 e. The molecule has 58 heavy (non-hydrogen) atoms. The van der Waals surface area contributed by atoms with Crippen LogP contribution in [0.15, 0.2) is 35.5 Å². The molecule has 0 aliphatic heterocycles. The topological polar surface area (TPSA) is 120 Å². The minimum atomic E-state index is -6.61. The number of allylic oxidation sites excluding steroid dienone is 6. The van der Waals surface area contributed by atoms with Crippen molar-refractivity contribution in [3.05, 3.63) is 35.5 Å². The Hall–Kier alpha value is -2.48. The van der Waals surface area contributed by atoms with E-state index in [9.17, 15) is 122 Å². The van der Waals surface area contributed by atoms with Crippen LogP contribution in [-0.4, -0.2) is 71.4 Å². The molecule has 0 bridgehead atoms. The monoisotopic (exact) mass is 1030 g/mol. The maximum absolute atomic E-state index is 12.8. The number of hydrogen-bond acceptors (Lipinski definition) is 6. The van der Waals surface area contributed by atoms with E-state index in [2.05, 4.69) is 0 Å². The minimum absolute atomic E-state index is 0. The number of rotatable bonds is 9. The van der Waals surface area contributed by atoms with E-state index < -0.39 is 123 Å². The Morgan fingerprint density at radius 1 is 0.328 bits per heavy atom. The first-order chi connectivity index (χ1) is 24.1. The average Bonchev–Trinajstić information content (AvgIpc) is 2.93. The number of carbonyl (C=O) groups excluding carboxylic acids is 3. The summed E-state index contributed by atoms with van der Waals surface area (Å²) in [7, 11) is 0. The Morgan fingerprint density at radius 2 is 0.448 bits per heavy atom. The zero-order valence-corrected chi connectivity index (χ0v) is 34.4. The SMILES string of the molecule is CC(C)(C)/C([O-])=C\C(=O)C(F)(F)C(F)(F)C(F)(F)F.CC(C)(C)/C([O-])=C\C(=O)C(F)(F)C(F)(F)C(F)(F)F.CC(C)(C)/C([O-])=C\C(=O)C(F)(F)C(F)(F)C(F)(F)F.[Pr+3]. The molecule has 0 aliphatic rings. The Morgan fingerprint density at radius 3 is 0.534 bits per heavy atom. The first-order valence-electron chi connectivity index (χ1n) is 14.4. The van der Waals surface area contributed by atoms with E-state index in [1.807, 2.05) is 0 Å². The summed E-state index contributed by atoms with van der Waals surface area (Å²) >= 11 is 0. The van der Waals surface area contributed by atoms with E-state index in [-0.39, 0.29) is 41.3 Å². The first-order valence-corrected chi connectivity index (χ1v) is 14.4. The fourth-order valence-corrected chi connectivity index (χ4v) is 2.28. The molecule has 0 heterocycles. The van der Waals surface area contributed by atoms with Gasteiger partial charge in [0.1, 0.15) is 0 Å². The second-order valence-corrected chi connectivity index (χ2v) is 14.3. The van der Waals surface area contributed by atoms with Gasteiger partial charge in [0.15, 0.2) is 0 Å². The second-order valence-electron chi connectivity index (χ2n) is 14.3. The van der Waals surface area contributed by atoms with Crippen LogP contribution < -0.4 is 15.3 Å². The molecule has 0 aromatic rings. The van der Waals surface area contributed by atoms with E-state index in [1.54, 1.807) is 0 Å². The van der Waals surface area contributed by atoms with Crippen molar-refractivity contribution in [2.45, 2.75) is 116 Å². The standard InChI is InChI=1S/3C10H11F7O2.Pr/c3*1-7(2,3)5(18)4-6(19)8(11,12)9(13,14)10(15,16)17;/h3*4,18H,1-3H3;/q;;;+3/p-3/b3*5-4+;. The summed E-state index contributed by atoms with van der Waals surface area (Å²) < 4.78 is 258. The molecule has 0 saturated carbocycles. The summed E-state index contributed by atoms with van der Waals surface area (Å²) in [6.45, 7) is 10.6. The first kappa shape index (κ1) is 62.2. The molecule has 0 spiro atoms. The molecule has 6 nitrogen and oxygen atoms in total. The molecule has 0 aromatic carbocycles. The number of ketones is 3. The van der Waals surface area contributed by atoms with Gasteiger partial charge in [-0.2, -0.15) is 92.2 Å². The molecule has 0 radical (unpaired) electrons. The van der Waals surface area contributed by atoms with Gasteiger partial charge < -0.3 is 15.3 Å². The number of carbonyl (C=O) groups is 3. The van der Waals surface area contributed by atoms with Crippen LogP contribution in [-0.2, 0) is 14.4 Å². The van der Waals surface area contributed by atoms with Crippen molar-refractivity contribution in [3.8, 4) is 0 Å². The van der Waals surface area contributed by atoms with E-state index in [1.165, 1.54) is 62.3 Å². The van der Waals surface area contributed by atoms with Crippen LogP contribution in [0.3, 0.4) is 0 Å². The van der Waals surface area contributed by atoms with Crippen molar-refractivity contribution >= 4 is 17.3 Å². The maximum Gasteiger partial charge on any atom is 3.00 e. The molecule has 0 aromatic heterocycles. The van der Waals surface area contributed by atoms with Gasteiger partial charge in [0.2, 0.25) is 17.3 Å². The smallest absolute Gasteiger partial charge is 0.875 e. The van der Waals surface area contributed by atoms with Gasteiger partial charge in [0.05, 0.1) is 0 Å². The third kappa shape index (κ3) is 14.9. The number of alkyl halides is 21. The summed E-state index contributed by atoms with van der Waals surface area (Å²) in [6.07, 6.45) is -21.1. The van der Waals surface area contributed by atoms with Crippen LogP contribution in [0.4, 0.5) is 92.2 Å². The fourth-order valence-electron chi connectivity index (χ4n) is 2.28. The maximum atomic E-state index is 12.8. The van der Waals surface area contributed by atoms with Crippen molar-refractivity contribution in [2.24, 2.45) is 16.2 Å². The molecule has 0 saturated heterocycles. The summed E-state index contributed by atoms with van der Waals surface area (Å²) in [4.78, 5) is 32.4. The van der Waals surface area contributed by atoms with Crippen molar-refractivity contribution in [2.75, 3.05) is 0 Å². The zero-order chi connectivity index (χ0) is 47.6. The van der Waals surface area contributed by atoms with Crippen molar-refractivity contribution in [3.63, 3.8) is 0 Å². The molecule has 0 fully saturated rings. The van der Waals surface area contributed by atoms with E-state index in [0.717, 1.165) is 0 Å². The molecule has 336 valence electrons. The van der Waals surface area contributed by atoms with Crippen LogP contribution in [0.2, 0.25) is 0 Å². The van der Waals surface area contributed by atoms with E-state index >= 15 is 0 Å². The van der Waals surface area contributed by atoms with Crippen LogP contribution in [0.25, 0.3) is 0 Å². The van der Waals surface area contributed by atoms with Crippen LogP contribution in [0, 0.1) is 57.5 Å². The van der Waals surface area contributed by atoms with Gasteiger partial charge in [0.25, 0.3) is 0 Å². The molecule has 0 atom stereocenters. The third-order valence-corrected chi connectivity index (χ3v) is 6.18. The Balaban J connectivity index is -0.000000374. The predicted octanol–water partition coefficient (Wildman–Crippen LogP) is 8.04. The van der Waals surface area contributed by atoms with Gasteiger partial charge >= 0.3 is 95.4 Å². The number of hydrogen-bond donors (Lipinski definition) is 0. The predicted molar refractivity (Wildman–Crippen MR) is 145 cm³/mol. The summed E-state index contributed by atoms with van der Waals surface area (Å²) in [5, 5.41) is 33.5. The van der Waals surface area contributed by atoms with Gasteiger partial charge in [-0.1, -0.05) is 62.3 Å². The van der Waals surface area contributed by atoms with Crippen molar-refractivity contribution in [1.82, 2.24) is 0 Å². The quantitative estimate of drug-likeness (QED) is 0.131. The normalized spacial score (nSPS) is 15.3. The molecular formula is C30H30F21O6Pr.